The molecule has 6 heteroatoms. The van der Waals surface area contributed by atoms with Crippen molar-refractivity contribution in [2.24, 2.45) is 0 Å². The lowest BCUT2D eigenvalue weighted by molar-refractivity contribution is -0.120. The van der Waals surface area contributed by atoms with Crippen LogP contribution in [-0.4, -0.2) is 33.8 Å². The van der Waals surface area contributed by atoms with Gasteiger partial charge in [0, 0.05) is 5.69 Å². The van der Waals surface area contributed by atoms with E-state index in [-0.39, 0.29) is 18.0 Å². The maximum atomic E-state index is 11.8. The number of hydrogen-bond acceptors (Lipinski definition) is 4. The van der Waals surface area contributed by atoms with Gasteiger partial charge in [-0.05, 0) is 32.4 Å². The largest absolute Gasteiger partial charge is 0.478 e. The second kappa shape index (κ2) is 6.96. The molecule has 1 aromatic rings. The predicted octanol–water partition coefficient (Wildman–Crippen LogP) is 1.63. The smallest absolute Gasteiger partial charge is 0.338 e. The maximum Gasteiger partial charge on any atom is 0.338 e. The number of carboxylic acid groups (broad SMARTS) is 1. The molecule has 0 saturated carbocycles. The summed E-state index contributed by atoms with van der Waals surface area (Å²) in [6.07, 6.45) is 5.07. The first-order chi connectivity index (χ1) is 9.36. The first kappa shape index (κ1) is 16.1. The van der Waals surface area contributed by atoms with Crippen molar-refractivity contribution < 1.29 is 14.7 Å². The van der Waals surface area contributed by atoms with Gasteiger partial charge in [0.2, 0.25) is 5.91 Å². The van der Waals surface area contributed by atoms with Gasteiger partial charge in [0.25, 0.3) is 0 Å². The normalized spacial score (nSPS) is 11.5. The molecule has 0 aromatic carbocycles. The summed E-state index contributed by atoms with van der Waals surface area (Å²) < 4.78 is 0. The molecule has 1 rings (SSSR count). The van der Waals surface area contributed by atoms with E-state index in [4.69, 9.17) is 6.42 Å². The number of carbonyl (C=O) groups excluding carboxylic acids is 1. The van der Waals surface area contributed by atoms with Crippen LogP contribution in [0.2, 0.25) is 0 Å². The minimum Gasteiger partial charge on any atom is -0.478 e. The van der Waals surface area contributed by atoms with Gasteiger partial charge >= 0.3 is 5.97 Å². The van der Waals surface area contributed by atoms with Crippen LogP contribution in [-0.2, 0) is 4.79 Å². The van der Waals surface area contributed by atoms with Gasteiger partial charge in [0.15, 0.2) is 0 Å². The molecule has 0 aliphatic carbocycles. The minimum absolute atomic E-state index is 0.136. The van der Waals surface area contributed by atoms with E-state index in [1.54, 1.807) is 26.8 Å². The highest BCUT2D eigenvalue weighted by Gasteiger charge is 2.21. The number of nitrogens with one attached hydrogen (secondary N) is 1. The third-order valence-electron chi connectivity index (χ3n) is 2.55. The molecule has 0 aliphatic rings. The van der Waals surface area contributed by atoms with Crippen LogP contribution in [0.1, 0.15) is 28.5 Å². The number of carbonyl (C=O) groups is 2. The van der Waals surface area contributed by atoms with E-state index < -0.39 is 11.2 Å². The molecule has 2 N–H and O–H groups in total. The lowest BCUT2D eigenvalue weighted by Gasteiger charge is -2.13. The van der Waals surface area contributed by atoms with Crippen molar-refractivity contribution in [3.8, 4) is 12.3 Å². The molecule has 0 spiro atoms. The van der Waals surface area contributed by atoms with E-state index in [0.717, 1.165) is 11.8 Å². The zero-order valence-electron chi connectivity index (χ0n) is 11.6. The molecule has 20 heavy (non-hydrogen) atoms. The van der Waals surface area contributed by atoms with Gasteiger partial charge in [-0.15, -0.1) is 6.42 Å². The summed E-state index contributed by atoms with van der Waals surface area (Å²) in [5.41, 5.74) is 1.48. The van der Waals surface area contributed by atoms with Gasteiger partial charge in [-0.3, -0.25) is 4.79 Å². The first-order valence-electron chi connectivity index (χ1n) is 5.96. The number of carboxylic acids is 1. The SMILES string of the molecule is C#CCNC(=O)C(C)Sc1nc(C)cc(C)c1C(=O)O. The van der Waals surface area contributed by atoms with E-state index in [1.807, 2.05) is 0 Å². The van der Waals surface area contributed by atoms with Gasteiger partial charge in [0.1, 0.15) is 5.03 Å². The van der Waals surface area contributed by atoms with E-state index >= 15 is 0 Å². The number of aromatic nitrogens is 1. The average molecular weight is 292 g/mol. The summed E-state index contributed by atoms with van der Waals surface area (Å²) in [6, 6.07) is 1.70. The molecule has 1 unspecified atom stereocenters. The Kier molecular flexibility index (Phi) is 5.59. The predicted molar refractivity (Wildman–Crippen MR) is 77.8 cm³/mol. The van der Waals surface area contributed by atoms with Crippen LogP contribution >= 0.6 is 11.8 Å². The van der Waals surface area contributed by atoms with E-state index in [2.05, 4.69) is 16.2 Å². The molecule has 1 atom stereocenters. The second-order valence-corrected chi connectivity index (χ2v) is 5.58. The van der Waals surface area contributed by atoms with Crippen LogP contribution in [0.4, 0.5) is 0 Å². The standard InChI is InChI=1S/C14H16N2O3S/c1-5-6-15-12(17)10(4)20-13-11(14(18)19)8(2)7-9(3)16-13/h1,7,10H,6H2,2-4H3,(H,15,17)(H,18,19). The van der Waals surface area contributed by atoms with Crippen LogP contribution in [0.5, 0.6) is 0 Å². The fourth-order valence-electron chi connectivity index (χ4n) is 1.65. The molecule has 1 heterocycles. The zero-order chi connectivity index (χ0) is 15.3. The van der Waals surface area contributed by atoms with Crippen molar-refractivity contribution in [1.82, 2.24) is 10.3 Å². The van der Waals surface area contributed by atoms with E-state index in [0.29, 0.717) is 16.3 Å². The minimum atomic E-state index is -1.05. The van der Waals surface area contributed by atoms with Crippen molar-refractivity contribution in [2.45, 2.75) is 31.0 Å². The third-order valence-corrected chi connectivity index (χ3v) is 3.63. The third kappa shape index (κ3) is 4.00. The summed E-state index contributed by atoms with van der Waals surface area (Å²) >= 11 is 1.11. The summed E-state index contributed by atoms with van der Waals surface area (Å²) in [5, 5.41) is 11.7. The molecule has 1 aromatic heterocycles. The second-order valence-electron chi connectivity index (χ2n) is 4.25. The van der Waals surface area contributed by atoms with Gasteiger partial charge in [-0.1, -0.05) is 17.7 Å². The van der Waals surface area contributed by atoms with E-state index in [1.165, 1.54) is 0 Å². The maximum absolute atomic E-state index is 11.8. The molecule has 0 fully saturated rings. The number of hydrogen-bond donors (Lipinski definition) is 2. The Labute approximate surface area is 122 Å². The molecule has 0 saturated heterocycles. The van der Waals surface area contributed by atoms with Crippen LogP contribution in [0.15, 0.2) is 11.1 Å². The Morgan fingerprint density at radius 1 is 1.55 bits per heavy atom. The molecular weight excluding hydrogens is 276 g/mol. The van der Waals surface area contributed by atoms with Gasteiger partial charge in [0.05, 0.1) is 17.4 Å². The van der Waals surface area contributed by atoms with Crippen LogP contribution < -0.4 is 5.32 Å². The van der Waals surface area contributed by atoms with Crippen LogP contribution in [0.25, 0.3) is 0 Å². The van der Waals surface area contributed by atoms with E-state index in [9.17, 15) is 14.7 Å². The molecular formula is C14H16N2O3S. The molecule has 0 radical (unpaired) electrons. The van der Waals surface area contributed by atoms with Crippen molar-refractivity contribution in [2.75, 3.05) is 6.54 Å². The van der Waals surface area contributed by atoms with Crippen molar-refractivity contribution in [3.63, 3.8) is 0 Å². The Balaban J connectivity index is 3.00. The number of nitrogens with zero attached hydrogens (tertiary/aromatic N) is 1. The van der Waals surface area contributed by atoms with Crippen LogP contribution in [0.3, 0.4) is 0 Å². The number of amides is 1. The highest BCUT2D eigenvalue weighted by atomic mass is 32.2. The van der Waals surface area contributed by atoms with Gasteiger partial charge in [-0.2, -0.15) is 0 Å². The quantitative estimate of drug-likeness (QED) is 0.637. The highest BCUT2D eigenvalue weighted by Crippen LogP contribution is 2.27. The summed E-state index contributed by atoms with van der Waals surface area (Å²) in [4.78, 5) is 27.3. The molecule has 1 amide bonds. The first-order valence-corrected chi connectivity index (χ1v) is 6.84. The summed E-state index contributed by atoms with van der Waals surface area (Å²) in [7, 11) is 0. The molecule has 5 nitrogen and oxygen atoms in total. The topological polar surface area (TPSA) is 79.3 Å². The average Bonchev–Trinajstić information content (AvgIpc) is 2.34. The van der Waals surface area contributed by atoms with Crippen molar-refractivity contribution in [1.29, 1.82) is 0 Å². The molecule has 0 bridgehead atoms. The van der Waals surface area contributed by atoms with Crippen molar-refractivity contribution >= 4 is 23.6 Å². The van der Waals surface area contributed by atoms with Gasteiger partial charge in [-0.25, -0.2) is 9.78 Å². The highest BCUT2D eigenvalue weighted by molar-refractivity contribution is 8.00. The number of terminal acetylenes is 1. The number of pyridine rings is 1. The Bertz CT molecular complexity index is 579. The fourth-order valence-corrected chi connectivity index (χ4v) is 2.74. The van der Waals surface area contributed by atoms with Crippen molar-refractivity contribution in [3.05, 3.63) is 22.9 Å². The Morgan fingerprint density at radius 2 is 2.20 bits per heavy atom. The number of thioether (sulfide) groups is 1. The zero-order valence-corrected chi connectivity index (χ0v) is 12.4. The number of aryl methyl sites for hydroxylation is 2. The lowest BCUT2D eigenvalue weighted by atomic mass is 10.1. The number of rotatable bonds is 5. The number of aromatic carboxylic acids is 1. The summed E-state index contributed by atoms with van der Waals surface area (Å²) in [5.74, 6) is 1.02. The fraction of sp³-hybridized carbons (Fsp3) is 0.357. The Hall–Kier alpha value is -2.00. The van der Waals surface area contributed by atoms with Gasteiger partial charge < -0.3 is 10.4 Å². The molecule has 106 valence electrons. The monoisotopic (exact) mass is 292 g/mol. The summed E-state index contributed by atoms with van der Waals surface area (Å²) in [6.45, 7) is 5.33. The van der Waals surface area contributed by atoms with Crippen LogP contribution in [0, 0.1) is 26.2 Å². The molecule has 0 aliphatic heterocycles. The lowest BCUT2D eigenvalue weighted by Crippen LogP contribution is -2.31. The Morgan fingerprint density at radius 3 is 2.75 bits per heavy atom.